The van der Waals surface area contributed by atoms with Gasteiger partial charge in [0.25, 0.3) is 0 Å². The number of carbonyl (C=O) groups is 1. The van der Waals surface area contributed by atoms with Crippen molar-refractivity contribution in [2.24, 2.45) is 0 Å². The summed E-state index contributed by atoms with van der Waals surface area (Å²) in [6.45, 7) is 0.279. The first-order chi connectivity index (χ1) is 9.63. The molecule has 3 rings (SSSR count). The van der Waals surface area contributed by atoms with Gasteiger partial charge in [0.15, 0.2) is 0 Å². The van der Waals surface area contributed by atoms with E-state index >= 15 is 0 Å². The molecule has 0 saturated carbocycles. The van der Waals surface area contributed by atoms with Gasteiger partial charge < -0.3 is 14.8 Å². The Hall–Kier alpha value is -2.01. The standard InChI is InChI=1S/C14H13ClN2O3/c15-8-1-3-9(4-2-8)20-7-12-16-11-6-5-10(14(18)19)13(11)17-12/h1-4,10H,5-7H2,(H,16,17)(H,18,19). The fourth-order valence-electron chi connectivity index (χ4n) is 2.37. The van der Waals surface area contributed by atoms with Crippen LogP contribution in [-0.4, -0.2) is 21.0 Å². The van der Waals surface area contributed by atoms with Gasteiger partial charge in [-0.2, -0.15) is 0 Å². The minimum absolute atomic E-state index is 0.279. The van der Waals surface area contributed by atoms with E-state index in [9.17, 15) is 4.79 Å². The second kappa shape index (κ2) is 5.17. The summed E-state index contributed by atoms with van der Waals surface area (Å²) in [4.78, 5) is 18.6. The highest BCUT2D eigenvalue weighted by Crippen LogP contribution is 2.31. The average molecular weight is 293 g/mol. The minimum atomic E-state index is -0.819. The van der Waals surface area contributed by atoms with Gasteiger partial charge in [0.2, 0.25) is 0 Å². The van der Waals surface area contributed by atoms with Gasteiger partial charge in [-0.1, -0.05) is 11.6 Å². The predicted molar refractivity (Wildman–Crippen MR) is 73.1 cm³/mol. The first-order valence-electron chi connectivity index (χ1n) is 6.32. The number of halogens is 1. The normalized spacial score (nSPS) is 16.9. The molecule has 1 aromatic heterocycles. The van der Waals surface area contributed by atoms with Crippen LogP contribution in [0.25, 0.3) is 0 Å². The number of aryl methyl sites for hydroxylation is 1. The first kappa shape index (κ1) is 13.0. The van der Waals surface area contributed by atoms with Crippen LogP contribution in [-0.2, 0) is 17.8 Å². The van der Waals surface area contributed by atoms with E-state index in [1.807, 2.05) is 0 Å². The number of nitrogens with zero attached hydrogens (tertiary/aromatic N) is 1. The molecule has 1 heterocycles. The van der Waals surface area contributed by atoms with E-state index in [-0.39, 0.29) is 6.61 Å². The highest BCUT2D eigenvalue weighted by molar-refractivity contribution is 6.30. The molecule has 0 bridgehead atoms. The largest absolute Gasteiger partial charge is 0.486 e. The van der Waals surface area contributed by atoms with E-state index in [0.717, 1.165) is 12.1 Å². The molecule has 1 atom stereocenters. The third-order valence-corrected chi connectivity index (χ3v) is 3.61. The van der Waals surface area contributed by atoms with Crippen molar-refractivity contribution >= 4 is 17.6 Å². The summed E-state index contributed by atoms with van der Waals surface area (Å²) in [6.07, 6.45) is 1.34. The molecule has 2 aromatic rings. The molecule has 6 heteroatoms. The number of H-pyrrole nitrogens is 1. The molecular formula is C14H13ClN2O3. The molecular weight excluding hydrogens is 280 g/mol. The number of ether oxygens (including phenoxy) is 1. The topological polar surface area (TPSA) is 75.2 Å². The maximum absolute atomic E-state index is 11.1. The van der Waals surface area contributed by atoms with Gasteiger partial charge in [0.1, 0.15) is 24.1 Å². The third-order valence-electron chi connectivity index (χ3n) is 3.36. The lowest BCUT2D eigenvalue weighted by Crippen LogP contribution is -2.09. The van der Waals surface area contributed by atoms with Gasteiger partial charge in [0, 0.05) is 10.7 Å². The summed E-state index contributed by atoms with van der Waals surface area (Å²) in [5.41, 5.74) is 1.55. The van der Waals surface area contributed by atoms with Crippen molar-refractivity contribution in [1.82, 2.24) is 9.97 Å². The Morgan fingerprint density at radius 1 is 1.45 bits per heavy atom. The second-order valence-corrected chi connectivity index (χ2v) is 5.16. The molecule has 20 heavy (non-hydrogen) atoms. The number of benzene rings is 1. The first-order valence-corrected chi connectivity index (χ1v) is 6.70. The van der Waals surface area contributed by atoms with Crippen LogP contribution in [0.5, 0.6) is 5.75 Å². The molecule has 0 saturated heterocycles. The van der Waals surface area contributed by atoms with E-state index < -0.39 is 11.9 Å². The lowest BCUT2D eigenvalue weighted by atomic mass is 10.1. The third kappa shape index (κ3) is 2.49. The van der Waals surface area contributed by atoms with E-state index in [1.165, 1.54) is 0 Å². The zero-order valence-corrected chi connectivity index (χ0v) is 11.4. The van der Waals surface area contributed by atoms with Crippen LogP contribution in [0.1, 0.15) is 29.6 Å². The Morgan fingerprint density at radius 2 is 2.20 bits per heavy atom. The number of carboxylic acids is 1. The number of hydrogen-bond donors (Lipinski definition) is 2. The molecule has 104 valence electrons. The van der Waals surface area contributed by atoms with Crippen molar-refractivity contribution in [3.05, 3.63) is 46.5 Å². The molecule has 1 aliphatic rings. The summed E-state index contributed by atoms with van der Waals surface area (Å²) in [7, 11) is 0. The Kier molecular flexibility index (Phi) is 3.36. The molecule has 0 fully saturated rings. The van der Waals surface area contributed by atoms with Crippen molar-refractivity contribution in [3.63, 3.8) is 0 Å². The Morgan fingerprint density at radius 3 is 2.90 bits per heavy atom. The maximum atomic E-state index is 11.1. The Bertz CT molecular complexity index is 636. The number of nitrogens with one attached hydrogen (secondary N) is 1. The van der Waals surface area contributed by atoms with E-state index in [0.29, 0.717) is 28.7 Å². The molecule has 0 radical (unpaired) electrons. The van der Waals surface area contributed by atoms with Crippen LogP contribution in [0, 0.1) is 0 Å². The SMILES string of the molecule is O=C(O)C1CCc2[nH]c(COc3ccc(Cl)cc3)nc21. The fourth-order valence-corrected chi connectivity index (χ4v) is 2.50. The maximum Gasteiger partial charge on any atom is 0.312 e. The number of fused-ring (bicyclic) bond motifs is 1. The van der Waals surface area contributed by atoms with E-state index in [2.05, 4.69) is 9.97 Å². The van der Waals surface area contributed by atoms with Crippen molar-refractivity contribution in [3.8, 4) is 5.75 Å². The molecule has 1 aromatic carbocycles. The highest BCUT2D eigenvalue weighted by Gasteiger charge is 2.32. The van der Waals surface area contributed by atoms with E-state index in [1.54, 1.807) is 24.3 Å². The molecule has 2 N–H and O–H groups in total. The minimum Gasteiger partial charge on any atom is -0.486 e. The average Bonchev–Trinajstić information content (AvgIpc) is 2.97. The summed E-state index contributed by atoms with van der Waals surface area (Å²) < 4.78 is 5.58. The number of aliphatic carboxylic acids is 1. The van der Waals surface area contributed by atoms with Gasteiger partial charge in [-0.05, 0) is 37.1 Å². The molecule has 1 aliphatic carbocycles. The summed E-state index contributed by atoms with van der Waals surface area (Å²) >= 11 is 5.80. The van der Waals surface area contributed by atoms with Crippen LogP contribution in [0.3, 0.4) is 0 Å². The summed E-state index contributed by atoms with van der Waals surface area (Å²) in [5.74, 6) is 0.0302. The van der Waals surface area contributed by atoms with Crippen LogP contribution < -0.4 is 4.74 Å². The van der Waals surface area contributed by atoms with Gasteiger partial charge in [-0.25, -0.2) is 4.98 Å². The molecule has 0 aliphatic heterocycles. The van der Waals surface area contributed by atoms with Crippen molar-refractivity contribution < 1.29 is 14.6 Å². The Balaban J connectivity index is 1.69. The van der Waals surface area contributed by atoms with Gasteiger partial charge in [-0.3, -0.25) is 4.79 Å². The lowest BCUT2D eigenvalue weighted by Gasteiger charge is -2.04. The van der Waals surface area contributed by atoms with Crippen molar-refractivity contribution in [2.45, 2.75) is 25.4 Å². The van der Waals surface area contributed by atoms with Gasteiger partial charge in [0.05, 0.1) is 5.69 Å². The molecule has 0 amide bonds. The number of aromatic nitrogens is 2. The zero-order chi connectivity index (χ0) is 14.1. The smallest absolute Gasteiger partial charge is 0.312 e. The number of aromatic amines is 1. The van der Waals surface area contributed by atoms with Crippen molar-refractivity contribution in [1.29, 1.82) is 0 Å². The fraction of sp³-hybridized carbons (Fsp3) is 0.286. The van der Waals surface area contributed by atoms with Crippen LogP contribution >= 0.6 is 11.6 Å². The molecule has 1 unspecified atom stereocenters. The highest BCUT2D eigenvalue weighted by atomic mass is 35.5. The van der Waals surface area contributed by atoms with Crippen LogP contribution in [0.15, 0.2) is 24.3 Å². The number of imidazole rings is 1. The summed E-state index contributed by atoms with van der Waals surface area (Å²) in [5, 5.41) is 9.76. The van der Waals surface area contributed by atoms with Crippen LogP contribution in [0.2, 0.25) is 5.02 Å². The number of hydrogen-bond acceptors (Lipinski definition) is 3. The molecule has 5 nitrogen and oxygen atoms in total. The zero-order valence-electron chi connectivity index (χ0n) is 10.6. The number of carboxylic acid groups (broad SMARTS) is 1. The number of rotatable bonds is 4. The van der Waals surface area contributed by atoms with Gasteiger partial charge >= 0.3 is 5.97 Å². The lowest BCUT2D eigenvalue weighted by molar-refractivity contribution is -0.138. The summed E-state index contributed by atoms with van der Waals surface area (Å²) in [6, 6.07) is 7.05. The Labute approximate surface area is 120 Å². The quantitative estimate of drug-likeness (QED) is 0.908. The second-order valence-electron chi connectivity index (χ2n) is 4.72. The predicted octanol–water partition coefficient (Wildman–Crippen LogP) is 2.76. The van der Waals surface area contributed by atoms with Crippen LogP contribution in [0.4, 0.5) is 0 Å². The van der Waals surface area contributed by atoms with Crippen molar-refractivity contribution in [2.75, 3.05) is 0 Å². The van der Waals surface area contributed by atoms with Gasteiger partial charge in [-0.15, -0.1) is 0 Å². The molecule has 0 spiro atoms. The van der Waals surface area contributed by atoms with E-state index in [4.69, 9.17) is 21.4 Å². The monoisotopic (exact) mass is 292 g/mol.